The van der Waals surface area contributed by atoms with E-state index in [1.165, 1.54) is 0 Å². The van der Waals surface area contributed by atoms with Crippen molar-refractivity contribution in [3.63, 3.8) is 0 Å². The van der Waals surface area contributed by atoms with Crippen LogP contribution in [-0.4, -0.2) is 63.2 Å². The number of nitrogens with zero attached hydrogens (tertiary/aromatic N) is 2. The monoisotopic (exact) mass is 294 g/mol. The molecule has 2 rings (SSSR count). The Hall–Kier alpha value is -1.56. The van der Waals surface area contributed by atoms with Crippen LogP contribution in [0.25, 0.3) is 0 Å². The van der Waals surface area contributed by atoms with Crippen molar-refractivity contribution < 1.29 is 9.53 Å². The molecule has 0 aromatic rings. The first-order valence-corrected chi connectivity index (χ1v) is 7.63. The van der Waals surface area contributed by atoms with Crippen LogP contribution in [0.2, 0.25) is 0 Å². The third-order valence-corrected chi connectivity index (χ3v) is 3.80. The molecule has 21 heavy (non-hydrogen) atoms. The Bertz CT molecular complexity index is 392. The highest BCUT2D eigenvalue weighted by Gasteiger charge is 2.17. The van der Waals surface area contributed by atoms with Crippen molar-refractivity contribution in [2.45, 2.75) is 25.3 Å². The van der Waals surface area contributed by atoms with Crippen LogP contribution in [0.15, 0.2) is 17.1 Å². The molecule has 0 bridgehead atoms. The highest BCUT2D eigenvalue weighted by atomic mass is 16.5. The van der Waals surface area contributed by atoms with E-state index in [0.29, 0.717) is 12.0 Å². The molecule has 2 aliphatic rings. The molecule has 2 N–H and O–H groups in total. The highest BCUT2D eigenvalue weighted by Crippen LogP contribution is 2.11. The number of ether oxygens (including phenoxy) is 1. The van der Waals surface area contributed by atoms with E-state index in [1.807, 2.05) is 0 Å². The summed E-state index contributed by atoms with van der Waals surface area (Å²) in [6.07, 6.45) is 7.45. The quantitative estimate of drug-likeness (QED) is 0.437. The number of guanidine groups is 1. The maximum absolute atomic E-state index is 11.7. The van der Waals surface area contributed by atoms with E-state index in [9.17, 15) is 4.79 Å². The molecule has 0 spiro atoms. The van der Waals surface area contributed by atoms with Gasteiger partial charge in [0, 0.05) is 39.2 Å². The van der Waals surface area contributed by atoms with Crippen molar-refractivity contribution >= 4 is 11.9 Å². The predicted molar refractivity (Wildman–Crippen MR) is 83.2 cm³/mol. The number of nitrogens with one attached hydrogen (secondary N) is 2. The second-order valence-electron chi connectivity index (χ2n) is 5.85. The average Bonchev–Trinajstić information content (AvgIpc) is 3.14. The van der Waals surface area contributed by atoms with Gasteiger partial charge in [-0.15, -0.1) is 0 Å². The number of carbonyl (C=O) groups excluding carboxylic acids is 1. The fraction of sp³-hybridized carbons (Fsp3) is 0.733. The number of amides is 1. The summed E-state index contributed by atoms with van der Waals surface area (Å²) in [6, 6.07) is 0.380. The third-order valence-electron chi connectivity index (χ3n) is 3.80. The first kappa shape index (κ1) is 15.8. The van der Waals surface area contributed by atoms with Gasteiger partial charge in [0.05, 0.1) is 6.61 Å². The largest absolute Gasteiger partial charge is 0.381 e. The summed E-state index contributed by atoms with van der Waals surface area (Å²) in [7, 11) is 3.49. The lowest BCUT2D eigenvalue weighted by molar-refractivity contribution is -0.127. The van der Waals surface area contributed by atoms with E-state index in [0.717, 1.165) is 45.0 Å². The smallest absolute Gasteiger partial charge is 0.243 e. The summed E-state index contributed by atoms with van der Waals surface area (Å²) >= 11 is 0. The second kappa shape index (κ2) is 8.02. The Morgan fingerprint density at radius 1 is 1.38 bits per heavy atom. The van der Waals surface area contributed by atoms with Crippen LogP contribution in [0.4, 0.5) is 0 Å². The first-order valence-electron chi connectivity index (χ1n) is 7.63. The Morgan fingerprint density at radius 3 is 2.76 bits per heavy atom. The zero-order valence-corrected chi connectivity index (χ0v) is 13.0. The summed E-state index contributed by atoms with van der Waals surface area (Å²) in [5.74, 6) is 1.26. The van der Waals surface area contributed by atoms with Gasteiger partial charge in [-0.1, -0.05) is 12.2 Å². The number of carbonyl (C=O) groups is 1. The molecule has 1 aliphatic heterocycles. The number of hydrogen-bond acceptors (Lipinski definition) is 3. The van der Waals surface area contributed by atoms with Crippen molar-refractivity contribution in [3.05, 3.63) is 12.2 Å². The van der Waals surface area contributed by atoms with E-state index < -0.39 is 0 Å². The lowest BCUT2D eigenvalue weighted by Gasteiger charge is -2.19. The van der Waals surface area contributed by atoms with Gasteiger partial charge in [0.1, 0.15) is 6.54 Å². The fourth-order valence-electron chi connectivity index (χ4n) is 2.35. The third kappa shape index (κ3) is 5.38. The summed E-state index contributed by atoms with van der Waals surface area (Å²) in [5.41, 5.74) is 0. The van der Waals surface area contributed by atoms with Gasteiger partial charge in [0.25, 0.3) is 0 Å². The molecule has 6 nitrogen and oxygen atoms in total. The predicted octanol–water partition coefficient (Wildman–Crippen LogP) is 0.365. The minimum Gasteiger partial charge on any atom is -0.381 e. The number of aliphatic imine (C=N–C) groups is 1. The van der Waals surface area contributed by atoms with Crippen LogP contribution in [-0.2, 0) is 9.53 Å². The lowest BCUT2D eigenvalue weighted by Crippen LogP contribution is -2.44. The Balaban J connectivity index is 1.85. The van der Waals surface area contributed by atoms with Crippen LogP contribution in [0.3, 0.4) is 0 Å². The molecule has 1 aliphatic carbocycles. The van der Waals surface area contributed by atoms with Crippen molar-refractivity contribution in [2.75, 3.05) is 40.4 Å². The zero-order valence-electron chi connectivity index (χ0n) is 13.0. The zero-order chi connectivity index (χ0) is 15.1. The molecular formula is C15H26N4O2. The van der Waals surface area contributed by atoms with Gasteiger partial charge in [-0.25, -0.2) is 4.99 Å². The standard InChI is InChI=1S/C15H26N4O2/c1-19(2)14(20)10-17-15(18-13-5-3-4-6-13)16-9-12-7-8-21-11-12/h3-4,12-13H,5-11H2,1-2H3,(H2,16,17,18). The minimum absolute atomic E-state index is 0.00449. The van der Waals surface area contributed by atoms with E-state index in [2.05, 4.69) is 27.8 Å². The van der Waals surface area contributed by atoms with Gasteiger partial charge in [0.15, 0.2) is 5.96 Å². The van der Waals surface area contributed by atoms with E-state index in [-0.39, 0.29) is 12.5 Å². The van der Waals surface area contributed by atoms with E-state index in [4.69, 9.17) is 4.74 Å². The molecule has 1 heterocycles. The Labute approximate surface area is 126 Å². The van der Waals surface area contributed by atoms with Crippen molar-refractivity contribution in [3.8, 4) is 0 Å². The molecule has 1 fully saturated rings. The molecule has 118 valence electrons. The van der Waals surface area contributed by atoms with Crippen molar-refractivity contribution in [2.24, 2.45) is 10.9 Å². The number of hydrogen-bond donors (Lipinski definition) is 2. The highest BCUT2D eigenvalue weighted by molar-refractivity contribution is 5.85. The van der Waals surface area contributed by atoms with Gasteiger partial charge in [-0.2, -0.15) is 0 Å². The van der Waals surface area contributed by atoms with Gasteiger partial charge in [-0.3, -0.25) is 4.79 Å². The van der Waals surface area contributed by atoms with Gasteiger partial charge in [0.2, 0.25) is 5.91 Å². The maximum Gasteiger partial charge on any atom is 0.243 e. The van der Waals surface area contributed by atoms with Crippen LogP contribution < -0.4 is 10.6 Å². The molecule has 1 saturated heterocycles. The number of rotatable bonds is 5. The topological polar surface area (TPSA) is 66.0 Å². The average molecular weight is 294 g/mol. The molecule has 1 atom stereocenters. The Kier molecular flexibility index (Phi) is 6.04. The first-order chi connectivity index (χ1) is 10.1. The number of likely N-dealkylation sites (N-methyl/N-ethyl adjacent to an activating group) is 1. The van der Waals surface area contributed by atoms with Crippen molar-refractivity contribution in [1.29, 1.82) is 0 Å². The molecule has 6 heteroatoms. The van der Waals surface area contributed by atoms with Crippen LogP contribution >= 0.6 is 0 Å². The van der Waals surface area contributed by atoms with Crippen molar-refractivity contribution in [1.82, 2.24) is 15.5 Å². The molecule has 0 radical (unpaired) electrons. The molecule has 1 unspecified atom stereocenters. The normalized spacial score (nSPS) is 22.6. The van der Waals surface area contributed by atoms with Gasteiger partial charge < -0.3 is 20.3 Å². The second-order valence-corrected chi connectivity index (χ2v) is 5.85. The minimum atomic E-state index is 0.00449. The molecule has 1 amide bonds. The summed E-state index contributed by atoms with van der Waals surface area (Å²) in [4.78, 5) is 17.6. The van der Waals surface area contributed by atoms with Crippen LogP contribution in [0, 0.1) is 5.92 Å². The SMILES string of the molecule is CN(C)C(=O)CN=C(NCC1CCOC1)NC1CC=CC1. The molecular weight excluding hydrogens is 268 g/mol. The van der Waals surface area contributed by atoms with Gasteiger partial charge >= 0.3 is 0 Å². The summed E-state index contributed by atoms with van der Waals surface area (Å²) in [5, 5.41) is 6.74. The lowest BCUT2D eigenvalue weighted by atomic mass is 10.1. The van der Waals surface area contributed by atoms with E-state index >= 15 is 0 Å². The van der Waals surface area contributed by atoms with Gasteiger partial charge in [-0.05, 0) is 19.3 Å². The molecule has 0 aromatic carbocycles. The van der Waals surface area contributed by atoms with Crippen LogP contribution in [0.1, 0.15) is 19.3 Å². The maximum atomic E-state index is 11.7. The summed E-state index contributed by atoms with van der Waals surface area (Å²) < 4.78 is 5.38. The van der Waals surface area contributed by atoms with E-state index in [1.54, 1.807) is 19.0 Å². The molecule has 0 aromatic heterocycles. The summed E-state index contributed by atoms with van der Waals surface area (Å²) in [6.45, 7) is 2.66. The van der Waals surface area contributed by atoms with Crippen LogP contribution in [0.5, 0.6) is 0 Å². The molecule has 0 saturated carbocycles. The Morgan fingerprint density at radius 2 is 2.14 bits per heavy atom. The fourth-order valence-corrected chi connectivity index (χ4v) is 2.35.